The number of hydrogen-bond acceptors (Lipinski definition) is 3. The maximum atomic E-state index is 13.8. The van der Waals surface area contributed by atoms with E-state index in [0.717, 1.165) is 18.6 Å². The van der Waals surface area contributed by atoms with Crippen molar-refractivity contribution < 1.29 is 22.7 Å². The number of carboxylic acids is 1. The van der Waals surface area contributed by atoms with Crippen LogP contribution in [0.15, 0.2) is 17.0 Å². The van der Waals surface area contributed by atoms with Gasteiger partial charge in [-0.15, -0.1) is 0 Å². The molecule has 1 N–H and O–H groups in total. The van der Waals surface area contributed by atoms with Crippen molar-refractivity contribution in [3.05, 3.63) is 29.1 Å². The fourth-order valence-electron chi connectivity index (χ4n) is 2.29. The summed E-state index contributed by atoms with van der Waals surface area (Å²) in [6.07, 6.45) is 0.975. The van der Waals surface area contributed by atoms with Gasteiger partial charge in [0.1, 0.15) is 5.82 Å². The number of nitrogens with zero attached hydrogens (tertiary/aromatic N) is 1. The summed E-state index contributed by atoms with van der Waals surface area (Å²) in [6, 6.07) is 1.85. The number of sulfonamides is 1. The van der Waals surface area contributed by atoms with Gasteiger partial charge in [-0.1, -0.05) is 6.92 Å². The van der Waals surface area contributed by atoms with Gasteiger partial charge in [0.25, 0.3) is 0 Å². The van der Waals surface area contributed by atoms with E-state index >= 15 is 0 Å². The molecule has 1 aromatic rings. The van der Waals surface area contributed by atoms with E-state index in [0.29, 0.717) is 18.4 Å². The number of aromatic carboxylic acids is 1. The first-order valence-corrected chi connectivity index (χ1v) is 8.08. The Hall–Kier alpha value is -1.47. The predicted molar refractivity (Wildman–Crippen MR) is 75.2 cm³/mol. The summed E-state index contributed by atoms with van der Waals surface area (Å²) < 4.78 is 40.0. The number of rotatable bonds is 5. The van der Waals surface area contributed by atoms with E-state index in [1.807, 2.05) is 6.92 Å². The van der Waals surface area contributed by atoms with Crippen molar-refractivity contribution in [3.63, 3.8) is 0 Å². The molecule has 1 saturated carbocycles. The Morgan fingerprint density at radius 1 is 1.48 bits per heavy atom. The van der Waals surface area contributed by atoms with Gasteiger partial charge in [-0.2, -0.15) is 0 Å². The van der Waals surface area contributed by atoms with Crippen molar-refractivity contribution in [3.8, 4) is 0 Å². The molecule has 0 radical (unpaired) electrons. The number of benzene rings is 1. The van der Waals surface area contributed by atoms with Crippen LogP contribution >= 0.6 is 0 Å². The lowest BCUT2D eigenvalue weighted by atomic mass is 10.1. The van der Waals surface area contributed by atoms with Crippen LogP contribution in [0.5, 0.6) is 0 Å². The number of carbonyl (C=O) groups is 1. The molecule has 0 bridgehead atoms. The molecule has 1 aliphatic rings. The highest BCUT2D eigenvalue weighted by Crippen LogP contribution is 2.39. The van der Waals surface area contributed by atoms with Crippen LogP contribution in [0.4, 0.5) is 4.39 Å². The molecule has 2 unspecified atom stereocenters. The van der Waals surface area contributed by atoms with Crippen molar-refractivity contribution in [2.24, 2.45) is 11.8 Å². The van der Waals surface area contributed by atoms with E-state index in [-0.39, 0.29) is 16.0 Å². The Morgan fingerprint density at radius 3 is 2.52 bits per heavy atom. The second-order valence-corrected chi connectivity index (χ2v) is 7.66. The average Bonchev–Trinajstić information content (AvgIpc) is 3.07. The quantitative estimate of drug-likeness (QED) is 0.903. The van der Waals surface area contributed by atoms with Crippen LogP contribution in [-0.2, 0) is 10.0 Å². The summed E-state index contributed by atoms with van der Waals surface area (Å²) in [5.41, 5.74) is -0.430. The molecule has 0 aliphatic heterocycles. The molecule has 116 valence electrons. The van der Waals surface area contributed by atoms with Crippen molar-refractivity contribution in [2.45, 2.75) is 25.2 Å². The van der Waals surface area contributed by atoms with E-state index in [9.17, 15) is 17.6 Å². The molecule has 0 saturated heterocycles. The third kappa shape index (κ3) is 3.08. The van der Waals surface area contributed by atoms with Crippen molar-refractivity contribution >= 4 is 16.0 Å². The monoisotopic (exact) mass is 315 g/mol. The van der Waals surface area contributed by atoms with Gasteiger partial charge in [0.15, 0.2) is 0 Å². The first-order chi connectivity index (χ1) is 9.64. The average molecular weight is 315 g/mol. The van der Waals surface area contributed by atoms with Gasteiger partial charge in [-0.25, -0.2) is 21.9 Å². The molecular formula is C14H18FNO4S. The zero-order valence-corrected chi connectivity index (χ0v) is 12.9. The van der Waals surface area contributed by atoms with Crippen LogP contribution < -0.4 is 0 Å². The second kappa shape index (κ2) is 5.38. The molecule has 21 heavy (non-hydrogen) atoms. The van der Waals surface area contributed by atoms with Crippen molar-refractivity contribution in [1.82, 2.24) is 4.31 Å². The van der Waals surface area contributed by atoms with Gasteiger partial charge in [0.2, 0.25) is 10.0 Å². The van der Waals surface area contributed by atoms with Crippen LogP contribution in [0.3, 0.4) is 0 Å². The fraction of sp³-hybridized carbons (Fsp3) is 0.500. The first kappa shape index (κ1) is 15.9. The van der Waals surface area contributed by atoms with Gasteiger partial charge in [-0.3, -0.25) is 0 Å². The lowest BCUT2D eigenvalue weighted by Crippen LogP contribution is -2.30. The molecule has 2 rings (SSSR count). The van der Waals surface area contributed by atoms with Crippen molar-refractivity contribution in [1.29, 1.82) is 0 Å². The molecule has 0 spiro atoms. The molecule has 0 amide bonds. The number of halogens is 1. The Kier molecular flexibility index (Phi) is 4.08. The van der Waals surface area contributed by atoms with E-state index < -0.39 is 21.8 Å². The Bertz CT molecular complexity index is 686. The second-order valence-electron chi connectivity index (χ2n) is 5.64. The summed E-state index contributed by atoms with van der Waals surface area (Å²) in [6.45, 7) is 3.74. The predicted octanol–water partition coefficient (Wildman–Crippen LogP) is 2.11. The van der Waals surface area contributed by atoms with Gasteiger partial charge < -0.3 is 5.11 Å². The Balaban J connectivity index is 2.41. The number of carboxylic acid groups (broad SMARTS) is 1. The SMILES string of the molecule is Cc1c(F)cc(C(=O)O)cc1S(=O)(=O)N(C)CC1CC1C. The molecule has 1 aliphatic carbocycles. The van der Waals surface area contributed by atoms with Gasteiger partial charge >= 0.3 is 5.97 Å². The van der Waals surface area contributed by atoms with Crippen LogP contribution in [0.1, 0.15) is 29.3 Å². The highest BCUT2D eigenvalue weighted by Gasteiger charge is 2.36. The molecular weight excluding hydrogens is 297 g/mol. The molecule has 7 heteroatoms. The molecule has 5 nitrogen and oxygen atoms in total. The minimum absolute atomic E-state index is 0.0595. The maximum Gasteiger partial charge on any atom is 0.335 e. The lowest BCUT2D eigenvalue weighted by molar-refractivity contribution is 0.0696. The highest BCUT2D eigenvalue weighted by molar-refractivity contribution is 7.89. The molecule has 0 aromatic heterocycles. The fourth-order valence-corrected chi connectivity index (χ4v) is 3.78. The standard InChI is InChI=1S/C14H18FNO4S/c1-8-4-11(8)7-16(3)21(19,20)13-6-10(14(17)18)5-12(15)9(13)2/h5-6,8,11H,4,7H2,1-3H3,(H,17,18). The largest absolute Gasteiger partial charge is 0.478 e. The first-order valence-electron chi connectivity index (χ1n) is 6.64. The van der Waals surface area contributed by atoms with Crippen LogP contribution in [-0.4, -0.2) is 37.4 Å². The minimum atomic E-state index is -3.90. The summed E-state index contributed by atoms with van der Waals surface area (Å²) in [5, 5.41) is 8.94. The van der Waals surface area contributed by atoms with Crippen LogP contribution in [0.25, 0.3) is 0 Å². The summed E-state index contributed by atoms with van der Waals surface area (Å²) in [5.74, 6) is -1.38. The van der Waals surface area contributed by atoms with Crippen LogP contribution in [0, 0.1) is 24.6 Å². The topological polar surface area (TPSA) is 74.7 Å². The minimum Gasteiger partial charge on any atom is -0.478 e. The van der Waals surface area contributed by atoms with Gasteiger partial charge in [0, 0.05) is 19.2 Å². The van der Waals surface area contributed by atoms with Gasteiger partial charge in [0.05, 0.1) is 10.5 Å². The van der Waals surface area contributed by atoms with E-state index in [2.05, 4.69) is 0 Å². The molecule has 0 heterocycles. The molecule has 1 fully saturated rings. The van der Waals surface area contributed by atoms with Crippen molar-refractivity contribution in [2.75, 3.05) is 13.6 Å². The normalized spacial score (nSPS) is 21.6. The van der Waals surface area contributed by atoms with E-state index in [1.165, 1.54) is 18.3 Å². The lowest BCUT2D eigenvalue weighted by Gasteiger charge is -2.19. The zero-order valence-electron chi connectivity index (χ0n) is 12.1. The van der Waals surface area contributed by atoms with E-state index in [1.54, 1.807) is 0 Å². The molecule has 1 aromatic carbocycles. The third-order valence-electron chi connectivity index (χ3n) is 4.00. The number of hydrogen-bond donors (Lipinski definition) is 1. The Labute approximate surface area is 123 Å². The smallest absolute Gasteiger partial charge is 0.335 e. The summed E-state index contributed by atoms with van der Waals surface area (Å²) in [4.78, 5) is 10.7. The maximum absolute atomic E-state index is 13.8. The summed E-state index contributed by atoms with van der Waals surface area (Å²) in [7, 11) is -2.46. The third-order valence-corrected chi connectivity index (χ3v) is 5.95. The zero-order chi connectivity index (χ0) is 15.9. The van der Waals surface area contributed by atoms with Crippen LogP contribution in [0.2, 0.25) is 0 Å². The van der Waals surface area contributed by atoms with E-state index in [4.69, 9.17) is 5.11 Å². The highest BCUT2D eigenvalue weighted by atomic mass is 32.2. The summed E-state index contributed by atoms with van der Waals surface area (Å²) >= 11 is 0. The molecule has 2 atom stereocenters. The Morgan fingerprint density at radius 2 is 2.05 bits per heavy atom. The van der Waals surface area contributed by atoms with Gasteiger partial charge in [-0.05, 0) is 37.3 Å².